The number of benzene rings is 1. The number of aromatic nitrogens is 2. The summed E-state index contributed by atoms with van der Waals surface area (Å²) in [6.07, 6.45) is 8.60. The van der Waals surface area contributed by atoms with Gasteiger partial charge in [0, 0.05) is 25.8 Å². The lowest BCUT2D eigenvalue weighted by molar-refractivity contribution is 0.684. The molecular formula is C21H31N3. The van der Waals surface area contributed by atoms with Crippen LogP contribution in [-0.4, -0.2) is 9.55 Å². The Balaban J connectivity index is 1.83. The smallest absolute Gasteiger partial charge is 0.206 e. The minimum absolute atomic E-state index is 0.989. The molecule has 0 spiro atoms. The first kappa shape index (κ1) is 17.1. The standard InChI is InChI=1S/C21H31N3/c1-4-6-8-13-19-20(14-7-5-2)23(3)21(22-19)24-15-17-11-9-10-12-18(17)16-24/h9-12H,4-8,13-16H2,1-3H3. The molecule has 130 valence electrons. The molecule has 2 heterocycles. The van der Waals surface area contributed by atoms with Gasteiger partial charge >= 0.3 is 0 Å². The molecule has 0 radical (unpaired) electrons. The zero-order valence-electron chi connectivity index (χ0n) is 15.5. The quantitative estimate of drug-likeness (QED) is 0.636. The molecule has 0 N–H and O–H groups in total. The van der Waals surface area contributed by atoms with Crippen LogP contribution in [0.1, 0.15) is 68.5 Å². The predicted octanol–water partition coefficient (Wildman–Crippen LogP) is 5.02. The summed E-state index contributed by atoms with van der Waals surface area (Å²) in [5.74, 6) is 1.16. The molecule has 0 fully saturated rings. The van der Waals surface area contributed by atoms with Gasteiger partial charge in [-0.3, -0.25) is 0 Å². The molecule has 1 aliphatic heterocycles. The Morgan fingerprint density at radius 1 is 0.917 bits per heavy atom. The molecule has 0 saturated heterocycles. The Bertz CT molecular complexity index is 647. The van der Waals surface area contributed by atoms with E-state index in [1.54, 1.807) is 0 Å². The van der Waals surface area contributed by atoms with Crippen LogP contribution >= 0.6 is 0 Å². The average molecular weight is 326 g/mol. The molecule has 1 aromatic carbocycles. The lowest BCUT2D eigenvalue weighted by Crippen LogP contribution is -2.19. The molecule has 0 unspecified atom stereocenters. The van der Waals surface area contributed by atoms with Crippen molar-refractivity contribution in [3.05, 3.63) is 46.8 Å². The van der Waals surface area contributed by atoms with Gasteiger partial charge in [-0.25, -0.2) is 4.98 Å². The maximum atomic E-state index is 5.09. The van der Waals surface area contributed by atoms with Crippen LogP contribution in [0.15, 0.2) is 24.3 Å². The zero-order chi connectivity index (χ0) is 16.9. The number of imidazole rings is 1. The van der Waals surface area contributed by atoms with Crippen molar-refractivity contribution in [2.75, 3.05) is 4.90 Å². The number of unbranched alkanes of at least 4 members (excludes halogenated alkanes) is 3. The third-order valence-corrected chi connectivity index (χ3v) is 5.18. The van der Waals surface area contributed by atoms with E-state index in [1.807, 2.05) is 0 Å². The van der Waals surface area contributed by atoms with E-state index in [-0.39, 0.29) is 0 Å². The van der Waals surface area contributed by atoms with Gasteiger partial charge in [0.25, 0.3) is 0 Å². The van der Waals surface area contributed by atoms with Crippen LogP contribution in [0.2, 0.25) is 0 Å². The highest BCUT2D eigenvalue weighted by Gasteiger charge is 2.24. The molecule has 3 heteroatoms. The maximum absolute atomic E-state index is 5.09. The predicted molar refractivity (Wildman–Crippen MR) is 101 cm³/mol. The van der Waals surface area contributed by atoms with Crippen molar-refractivity contribution in [3.63, 3.8) is 0 Å². The fourth-order valence-electron chi connectivity index (χ4n) is 3.73. The third-order valence-electron chi connectivity index (χ3n) is 5.18. The van der Waals surface area contributed by atoms with Gasteiger partial charge in [0.2, 0.25) is 5.95 Å². The van der Waals surface area contributed by atoms with Crippen molar-refractivity contribution in [1.29, 1.82) is 0 Å². The van der Waals surface area contributed by atoms with Crippen LogP contribution in [0.4, 0.5) is 5.95 Å². The molecule has 3 nitrogen and oxygen atoms in total. The van der Waals surface area contributed by atoms with Crippen molar-refractivity contribution in [2.45, 2.75) is 71.9 Å². The molecule has 0 saturated carbocycles. The van der Waals surface area contributed by atoms with E-state index in [0.29, 0.717) is 0 Å². The zero-order valence-corrected chi connectivity index (χ0v) is 15.5. The molecule has 3 rings (SSSR count). The fraction of sp³-hybridized carbons (Fsp3) is 0.571. The van der Waals surface area contributed by atoms with E-state index >= 15 is 0 Å². The molecule has 24 heavy (non-hydrogen) atoms. The van der Waals surface area contributed by atoms with Crippen LogP contribution < -0.4 is 4.90 Å². The fourth-order valence-corrected chi connectivity index (χ4v) is 3.73. The molecule has 1 aromatic heterocycles. The summed E-state index contributed by atoms with van der Waals surface area (Å²) in [4.78, 5) is 7.52. The van der Waals surface area contributed by atoms with Gasteiger partial charge in [-0.2, -0.15) is 0 Å². The highest BCUT2D eigenvalue weighted by atomic mass is 15.3. The van der Waals surface area contributed by atoms with Gasteiger partial charge in [-0.1, -0.05) is 57.4 Å². The first-order chi connectivity index (χ1) is 11.7. The minimum atomic E-state index is 0.989. The van der Waals surface area contributed by atoms with Gasteiger partial charge in [-0.05, 0) is 36.8 Å². The average Bonchev–Trinajstić information content (AvgIpc) is 3.14. The van der Waals surface area contributed by atoms with Crippen LogP contribution in [0.5, 0.6) is 0 Å². The van der Waals surface area contributed by atoms with Crippen molar-refractivity contribution < 1.29 is 0 Å². The van der Waals surface area contributed by atoms with Gasteiger partial charge in [0.15, 0.2) is 0 Å². The topological polar surface area (TPSA) is 21.1 Å². The Morgan fingerprint density at radius 3 is 2.21 bits per heavy atom. The number of hydrogen-bond donors (Lipinski definition) is 0. The number of aryl methyl sites for hydroxylation is 1. The van der Waals surface area contributed by atoms with Gasteiger partial charge in [0.05, 0.1) is 5.69 Å². The van der Waals surface area contributed by atoms with E-state index in [2.05, 4.69) is 54.6 Å². The Morgan fingerprint density at radius 2 is 1.58 bits per heavy atom. The normalized spacial score (nSPS) is 13.5. The number of rotatable bonds is 8. The SMILES string of the molecule is CCCCCc1nc(N2Cc3ccccc3C2)n(C)c1CCCC. The summed E-state index contributed by atoms with van der Waals surface area (Å²) in [6, 6.07) is 8.78. The highest BCUT2D eigenvalue weighted by molar-refractivity contribution is 5.46. The first-order valence-corrected chi connectivity index (χ1v) is 9.60. The Hall–Kier alpha value is -1.77. The third kappa shape index (κ3) is 3.50. The molecule has 0 amide bonds. The summed E-state index contributed by atoms with van der Waals surface area (Å²) >= 11 is 0. The largest absolute Gasteiger partial charge is 0.334 e. The van der Waals surface area contributed by atoms with Crippen LogP contribution in [-0.2, 0) is 33.0 Å². The van der Waals surface area contributed by atoms with Crippen molar-refractivity contribution in [3.8, 4) is 0 Å². The summed E-state index contributed by atoms with van der Waals surface area (Å²) in [6.45, 7) is 6.51. The van der Waals surface area contributed by atoms with E-state index < -0.39 is 0 Å². The number of anilines is 1. The van der Waals surface area contributed by atoms with Crippen LogP contribution in [0.3, 0.4) is 0 Å². The second-order valence-electron chi connectivity index (χ2n) is 7.05. The second kappa shape index (κ2) is 7.87. The molecule has 2 aromatic rings. The van der Waals surface area contributed by atoms with Crippen molar-refractivity contribution in [1.82, 2.24) is 9.55 Å². The van der Waals surface area contributed by atoms with Crippen LogP contribution in [0.25, 0.3) is 0 Å². The van der Waals surface area contributed by atoms with E-state index in [9.17, 15) is 0 Å². The molecule has 1 aliphatic rings. The monoisotopic (exact) mass is 325 g/mol. The van der Waals surface area contributed by atoms with Gasteiger partial charge < -0.3 is 9.47 Å². The molecule has 0 atom stereocenters. The number of nitrogens with zero attached hydrogens (tertiary/aromatic N) is 3. The lowest BCUT2D eigenvalue weighted by Gasteiger charge is -2.17. The molecule has 0 aliphatic carbocycles. The van der Waals surface area contributed by atoms with Gasteiger partial charge in [0.1, 0.15) is 0 Å². The maximum Gasteiger partial charge on any atom is 0.206 e. The summed E-state index contributed by atoms with van der Waals surface area (Å²) in [5.41, 5.74) is 5.69. The molecular weight excluding hydrogens is 294 g/mol. The molecule has 0 bridgehead atoms. The number of hydrogen-bond acceptors (Lipinski definition) is 2. The summed E-state index contributed by atoms with van der Waals surface area (Å²) in [7, 11) is 2.21. The first-order valence-electron chi connectivity index (χ1n) is 9.60. The highest BCUT2D eigenvalue weighted by Crippen LogP contribution is 2.29. The summed E-state index contributed by atoms with van der Waals surface area (Å²) in [5, 5.41) is 0. The Labute approximate surface area is 146 Å². The van der Waals surface area contributed by atoms with Crippen molar-refractivity contribution >= 4 is 5.95 Å². The summed E-state index contributed by atoms with van der Waals surface area (Å²) < 4.78 is 2.36. The van der Waals surface area contributed by atoms with E-state index in [1.165, 1.54) is 54.6 Å². The number of fused-ring (bicyclic) bond motifs is 1. The lowest BCUT2D eigenvalue weighted by atomic mass is 10.1. The van der Waals surface area contributed by atoms with Crippen LogP contribution in [0, 0.1) is 0 Å². The van der Waals surface area contributed by atoms with E-state index in [0.717, 1.165) is 31.9 Å². The second-order valence-corrected chi connectivity index (χ2v) is 7.05. The van der Waals surface area contributed by atoms with Gasteiger partial charge in [-0.15, -0.1) is 0 Å². The Kier molecular flexibility index (Phi) is 5.60. The minimum Gasteiger partial charge on any atom is -0.334 e. The van der Waals surface area contributed by atoms with E-state index in [4.69, 9.17) is 4.98 Å². The van der Waals surface area contributed by atoms with Crippen molar-refractivity contribution in [2.24, 2.45) is 7.05 Å².